The van der Waals surface area contributed by atoms with Crippen molar-refractivity contribution >= 4 is 11.7 Å². The van der Waals surface area contributed by atoms with Crippen LogP contribution in [0.3, 0.4) is 0 Å². The second-order valence-electron chi connectivity index (χ2n) is 4.36. The molecule has 0 spiro atoms. The summed E-state index contributed by atoms with van der Waals surface area (Å²) in [5, 5.41) is 5.80. The molecular weight excluding hydrogens is 220 g/mol. The molecule has 1 atom stereocenters. The van der Waals surface area contributed by atoms with Crippen molar-refractivity contribution in [1.29, 1.82) is 0 Å². The summed E-state index contributed by atoms with van der Waals surface area (Å²) >= 11 is 0. The topological polar surface area (TPSA) is 86.9 Å². The molecule has 17 heavy (non-hydrogen) atoms. The van der Waals surface area contributed by atoms with Crippen LogP contribution in [0.15, 0.2) is 10.9 Å². The van der Waals surface area contributed by atoms with Gasteiger partial charge >= 0.3 is 0 Å². The molecule has 6 heteroatoms. The van der Waals surface area contributed by atoms with Crippen LogP contribution in [0.2, 0.25) is 0 Å². The Labute approximate surface area is 98.8 Å². The second-order valence-corrected chi connectivity index (χ2v) is 4.36. The lowest BCUT2D eigenvalue weighted by atomic mass is 10.3. The third-order valence-corrected chi connectivity index (χ3v) is 2.54. The monoisotopic (exact) mass is 236 g/mol. The highest BCUT2D eigenvalue weighted by Gasteiger charge is 2.25. The molecule has 6 nitrogen and oxygen atoms in total. The van der Waals surface area contributed by atoms with E-state index in [1.165, 1.54) is 6.07 Å². The maximum atomic E-state index is 11.7. The minimum atomic E-state index is -0.399. The molecule has 1 aliphatic rings. The van der Waals surface area contributed by atoms with Crippen LogP contribution >= 0.6 is 0 Å². The molecule has 1 fully saturated rings. The molecule has 2 rings (SSSR count). The number of anilines is 1. The number of hydrogen-bond donors (Lipinski definition) is 3. The number of nitrogens with one attached hydrogen (secondary N) is 3. The zero-order valence-electron chi connectivity index (χ0n) is 9.91. The summed E-state index contributed by atoms with van der Waals surface area (Å²) in [6, 6.07) is 1.28. The maximum Gasteiger partial charge on any atom is 0.252 e. The highest BCUT2D eigenvalue weighted by molar-refractivity contribution is 5.84. The van der Waals surface area contributed by atoms with Gasteiger partial charge in [-0.1, -0.05) is 0 Å². The van der Waals surface area contributed by atoms with Gasteiger partial charge in [0.1, 0.15) is 17.7 Å². The van der Waals surface area contributed by atoms with E-state index < -0.39 is 6.04 Å². The van der Waals surface area contributed by atoms with Gasteiger partial charge in [-0.15, -0.1) is 0 Å². The van der Waals surface area contributed by atoms with Crippen LogP contribution in [0.4, 0.5) is 5.82 Å². The van der Waals surface area contributed by atoms with E-state index in [1.807, 2.05) is 0 Å². The van der Waals surface area contributed by atoms with E-state index in [1.54, 1.807) is 13.8 Å². The van der Waals surface area contributed by atoms with Gasteiger partial charge in [-0.2, -0.15) is 0 Å². The van der Waals surface area contributed by atoms with Crippen molar-refractivity contribution in [2.24, 2.45) is 0 Å². The first-order chi connectivity index (χ1) is 8.04. The van der Waals surface area contributed by atoms with Gasteiger partial charge in [0.25, 0.3) is 5.56 Å². The van der Waals surface area contributed by atoms with Crippen LogP contribution in [0.5, 0.6) is 0 Å². The number of H-pyrrole nitrogens is 1. The van der Waals surface area contributed by atoms with Gasteiger partial charge in [0.05, 0.1) is 0 Å². The van der Waals surface area contributed by atoms with Gasteiger partial charge in [0, 0.05) is 12.1 Å². The van der Waals surface area contributed by atoms with Crippen molar-refractivity contribution in [1.82, 2.24) is 15.3 Å². The highest BCUT2D eigenvalue weighted by atomic mass is 16.2. The van der Waals surface area contributed by atoms with Crippen LogP contribution < -0.4 is 16.2 Å². The van der Waals surface area contributed by atoms with Crippen molar-refractivity contribution < 1.29 is 4.79 Å². The zero-order chi connectivity index (χ0) is 12.4. The van der Waals surface area contributed by atoms with Crippen LogP contribution in [0, 0.1) is 6.92 Å². The summed E-state index contributed by atoms with van der Waals surface area (Å²) < 4.78 is 0. The molecule has 1 heterocycles. The highest BCUT2D eigenvalue weighted by Crippen LogP contribution is 2.18. The standard InChI is InChI=1S/C11H16N4O2/c1-6(11(17)15-8-3-4-8)12-9-5-10(16)14-7(2)13-9/h5-6,8H,3-4H2,1-2H3,(H,15,17)(H2,12,13,14,16). The third-order valence-electron chi connectivity index (χ3n) is 2.54. The van der Waals surface area contributed by atoms with Gasteiger partial charge in [-0.05, 0) is 26.7 Å². The molecule has 1 aromatic heterocycles. The first-order valence-corrected chi connectivity index (χ1v) is 5.69. The average Bonchev–Trinajstić information content (AvgIpc) is 2.99. The van der Waals surface area contributed by atoms with Crippen LogP contribution in [0.1, 0.15) is 25.6 Å². The lowest BCUT2D eigenvalue weighted by Gasteiger charge is -2.14. The quantitative estimate of drug-likeness (QED) is 0.695. The fourth-order valence-corrected chi connectivity index (χ4v) is 1.49. The molecule has 0 radical (unpaired) electrons. The SMILES string of the molecule is Cc1nc(NC(C)C(=O)NC2CC2)cc(=O)[nH]1. The fourth-order valence-electron chi connectivity index (χ4n) is 1.49. The Kier molecular flexibility index (Phi) is 3.12. The Bertz CT molecular complexity index is 479. The number of carbonyl (C=O) groups excluding carboxylic acids is 1. The number of aryl methyl sites for hydroxylation is 1. The van der Waals surface area contributed by atoms with Crippen LogP contribution in [-0.4, -0.2) is 28.0 Å². The van der Waals surface area contributed by atoms with E-state index in [0.717, 1.165) is 12.8 Å². The van der Waals surface area contributed by atoms with Crippen molar-refractivity contribution in [3.05, 3.63) is 22.2 Å². The number of nitrogens with zero attached hydrogens (tertiary/aromatic N) is 1. The number of carbonyl (C=O) groups is 1. The first kappa shape index (κ1) is 11.6. The summed E-state index contributed by atoms with van der Waals surface area (Å²) in [6.45, 7) is 3.44. The molecule has 1 unspecified atom stereocenters. The van der Waals surface area contributed by atoms with Gasteiger partial charge in [0.2, 0.25) is 5.91 Å². The van der Waals surface area contributed by atoms with Gasteiger partial charge in [-0.25, -0.2) is 4.98 Å². The summed E-state index contributed by atoms with van der Waals surface area (Å²) in [5.74, 6) is 0.881. The van der Waals surface area contributed by atoms with E-state index in [9.17, 15) is 9.59 Å². The van der Waals surface area contributed by atoms with E-state index in [4.69, 9.17) is 0 Å². The summed E-state index contributed by atoms with van der Waals surface area (Å²) in [6.07, 6.45) is 2.11. The van der Waals surface area contributed by atoms with E-state index in [0.29, 0.717) is 17.7 Å². The Morgan fingerprint density at radius 3 is 2.88 bits per heavy atom. The number of hydrogen-bond acceptors (Lipinski definition) is 4. The molecule has 0 saturated heterocycles. The molecule has 0 aliphatic heterocycles. The van der Waals surface area contributed by atoms with Crippen molar-refractivity contribution in [2.75, 3.05) is 5.32 Å². The normalized spacial score (nSPS) is 16.4. The molecule has 0 aromatic carbocycles. The number of rotatable bonds is 4. The Balaban J connectivity index is 1.98. The zero-order valence-corrected chi connectivity index (χ0v) is 9.91. The fraction of sp³-hybridized carbons (Fsp3) is 0.545. The first-order valence-electron chi connectivity index (χ1n) is 5.69. The van der Waals surface area contributed by atoms with Crippen molar-refractivity contribution in [3.8, 4) is 0 Å². The van der Waals surface area contributed by atoms with Gasteiger partial charge < -0.3 is 15.6 Å². The average molecular weight is 236 g/mol. The summed E-state index contributed by atoms with van der Waals surface area (Å²) in [5.41, 5.74) is -0.227. The van der Waals surface area contributed by atoms with Crippen molar-refractivity contribution in [2.45, 2.75) is 38.8 Å². The second kappa shape index (κ2) is 4.57. The van der Waals surface area contributed by atoms with E-state index in [2.05, 4.69) is 20.6 Å². The number of aromatic nitrogens is 2. The van der Waals surface area contributed by atoms with Gasteiger partial charge in [0.15, 0.2) is 0 Å². The third kappa shape index (κ3) is 3.30. The molecule has 92 valence electrons. The Morgan fingerprint density at radius 1 is 1.59 bits per heavy atom. The Hall–Kier alpha value is -1.85. The predicted molar refractivity (Wildman–Crippen MR) is 63.8 cm³/mol. The number of amides is 1. The molecule has 1 aliphatic carbocycles. The molecule has 0 bridgehead atoms. The molecular formula is C11H16N4O2. The molecule has 1 saturated carbocycles. The van der Waals surface area contributed by atoms with E-state index in [-0.39, 0.29) is 11.5 Å². The maximum absolute atomic E-state index is 11.7. The van der Waals surface area contributed by atoms with Gasteiger partial charge in [-0.3, -0.25) is 9.59 Å². The van der Waals surface area contributed by atoms with Crippen LogP contribution in [0.25, 0.3) is 0 Å². The summed E-state index contributed by atoms with van der Waals surface area (Å²) in [7, 11) is 0. The van der Waals surface area contributed by atoms with Crippen LogP contribution in [-0.2, 0) is 4.79 Å². The smallest absolute Gasteiger partial charge is 0.252 e. The van der Waals surface area contributed by atoms with E-state index >= 15 is 0 Å². The lowest BCUT2D eigenvalue weighted by Crippen LogP contribution is -2.39. The lowest BCUT2D eigenvalue weighted by molar-refractivity contribution is -0.121. The summed E-state index contributed by atoms with van der Waals surface area (Å²) in [4.78, 5) is 29.5. The Morgan fingerprint density at radius 2 is 2.29 bits per heavy atom. The minimum absolute atomic E-state index is 0.0627. The minimum Gasteiger partial charge on any atom is -0.358 e. The molecule has 1 aromatic rings. The number of aromatic amines is 1. The predicted octanol–water partition coefficient (Wildman–Crippen LogP) is 0.157. The largest absolute Gasteiger partial charge is 0.358 e. The molecule has 1 amide bonds. The van der Waals surface area contributed by atoms with Crippen molar-refractivity contribution in [3.63, 3.8) is 0 Å². The molecule has 3 N–H and O–H groups in total.